The Bertz CT molecular complexity index is 388. The molecule has 0 bridgehead atoms. The van der Waals surface area contributed by atoms with E-state index in [9.17, 15) is 4.79 Å². The van der Waals surface area contributed by atoms with Crippen LogP contribution in [0.25, 0.3) is 0 Å². The molecule has 4 heteroatoms. The molecule has 0 aromatic heterocycles. The lowest BCUT2D eigenvalue weighted by atomic mass is 10.1. The summed E-state index contributed by atoms with van der Waals surface area (Å²) >= 11 is 3.39. The Labute approximate surface area is 97.4 Å². The molecule has 0 saturated carbocycles. The van der Waals surface area contributed by atoms with Gasteiger partial charge in [-0.1, -0.05) is 22.0 Å². The van der Waals surface area contributed by atoms with Gasteiger partial charge in [0.2, 0.25) is 5.91 Å². The van der Waals surface area contributed by atoms with Crippen LogP contribution in [0, 0.1) is 6.92 Å². The number of carbonyl (C=O) groups excluding carboxylic acids is 1. The van der Waals surface area contributed by atoms with Crippen molar-refractivity contribution < 1.29 is 4.79 Å². The van der Waals surface area contributed by atoms with Crippen LogP contribution in [0.5, 0.6) is 0 Å². The Kier molecular flexibility index (Phi) is 3.07. The monoisotopic (exact) mass is 268 g/mol. The van der Waals surface area contributed by atoms with Gasteiger partial charge in [0, 0.05) is 10.2 Å². The summed E-state index contributed by atoms with van der Waals surface area (Å²) in [5, 5.41) is 6.00. The third kappa shape index (κ3) is 2.38. The van der Waals surface area contributed by atoms with Crippen LogP contribution >= 0.6 is 15.9 Å². The van der Waals surface area contributed by atoms with Crippen molar-refractivity contribution in [3.63, 3.8) is 0 Å². The molecule has 1 saturated heterocycles. The van der Waals surface area contributed by atoms with Gasteiger partial charge in [-0.2, -0.15) is 0 Å². The average molecular weight is 269 g/mol. The fourth-order valence-electron chi connectivity index (χ4n) is 1.46. The summed E-state index contributed by atoms with van der Waals surface area (Å²) in [6.45, 7) is 2.92. The van der Waals surface area contributed by atoms with Crippen LogP contribution in [0.4, 0.5) is 5.69 Å². The van der Waals surface area contributed by atoms with Gasteiger partial charge in [-0.15, -0.1) is 0 Å². The van der Waals surface area contributed by atoms with Crippen LogP contribution in [0.3, 0.4) is 0 Å². The van der Waals surface area contributed by atoms with E-state index < -0.39 is 0 Å². The topological polar surface area (TPSA) is 41.1 Å². The van der Waals surface area contributed by atoms with Gasteiger partial charge in [-0.25, -0.2) is 0 Å². The van der Waals surface area contributed by atoms with Gasteiger partial charge in [0.1, 0.15) is 0 Å². The molecule has 2 N–H and O–H groups in total. The zero-order valence-electron chi connectivity index (χ0n) is 8.51. The van der Waals surface area contributed by atoms with Gasteiger partial charge >= 0.3 is 0 Å². The second kappa shape index (κ2) is 4.33. The van der Waals surface area contributed by atoms with Gasteiger partial charge in [0.25, 0.3) is 0 Å². The molecule has 1 amide bonds. The third-order valence-corrected chi connectivity index (χ3v) is 3.09. The van der Waals surface area contributed by atoms with Crippen LogP contribution < -0.4 is 10.6 Å². The molecule has 15 heavy (non-hydrogen) atoms. The third-order valence-electron chi connectivity index (χ3n) is 2.60. The number of benzene rings is 1. The number of hydrogen-bond acceptors (Lipinski definition) is 2. The Morgan fingerprint density at radius 1 is 1.60 bits per heavy atom. The van der Waals surface area contributed by atoms with Crippen LogP contribution in [-0.4, -0.2) is 18.5 Å². The maximum Gasteiger partial charge on any atom is 0.241 e. The molecule has 3 nitrogen and oxygen atoms in total. The lowest BCUT2D eigenvalue weighted by molar-refractivity contribution is -0.119. The number of aryl methyl sites for hydroxylation is 1. The summed E-state index contributed by atoms with van der Waals surface area (Å²) in [6, 6.07) is 5.86. The first-order valence-corrected chi connectivity index (χ1v) is 5.76. The minimum atomic E-state index is -0.0108. The first-order chi connectivity index (χ1) is 7.16. The van der Waals surface area contributed by atoms with Crippen LogP contribution in [0.1, 0.15) is 12.0 Å². The predicted octanol–water partition coefficient (Wildman–Crippen LogP) is 2.06. The van der Waals surface area contributed by atoms with E-state index in [1.165, 1.54) is 0 Å². The lowest BCUT2D eigenvalue weighted by Gasteiger charge is -2.26. The van der Waals surface area contributed by atoms with E-state index in [-0.39, 0.29) is 11.9 Å². The second-order valence-electron chi connectivity index (χ2n) is 3.74. The molecule has 1 heterocycles. The Hall–Kier alpha value is -0.870. The first-order valence-electron chi connectivity index (χ1n) is 4.97. The number of hydrogen-bond donors (Lipinski definition) is 2. The van der Waals surface area contributed by atoms with E-state index in [0.29, 0.717) is 0 Å². The summed E-state index contributed by atoms with van der Waals surface area (Å²) < 4.78 is 0.977. The largest absolute Gasteiger partial charge is 0.324 e. The van der Waals surface area contributed by atoms with E-state index in [0.717, 1.165) is 28.7 Å². The molecule has 1 aliphatic heterocycles. The molecule has 1 aromatic rings. The smallest absolute Gasteiger partial charge is 0.241 e. The molecule has 1 fully saturated rings. The van der Waals surface area contributed by atoms with Crippen molar-refractivity contribution >= 4 is 27.5 Å². The minimum absolute atomic E-state index is 0.0108. The highest BCUT2D eigenvalue weighted by atomic mass is 79.9. The highest BCUT2D eigenvalue weighted by molar-refractivity contribution is 9.10. The predicted molar refractivity (Wildman–Crippen MR) is 63.9 cm³/mol. The molecule has 1 aliphatic rings. The quantitative estimate of drug-likeness (QED) is 0.862. The number of carbonyl (C=O) groups is 1. The van der Waals surface area contributed by atoms with Crippen molar-refractivity contribution in [2.24, 2.45) is 0 Å². The minimum Gasteiger partial charge on any atom is -0.324 e. The van der Waals surface area contributed by atoms with Crippen molar-refractivity contribution in [2.75, 3.05) is 11.9 Å². The van der Waals surface area contributed by atoms with Crippen LogP contribution in [0.2, 0.25) is 0 Å². The molecule has 0 spiro atoms. The first kappa shape index (κ1) is 10.6. The fraction of sp³-hybridized carbons (Fsp3) is 0.364. The van der Waals surface area contributed by atoms with Gasteiger partial charge in [-0.3, -0.25) is 4.79 Å². The summed E-state index contributed by atoms with van der Waals surface area (Å²) in [6.07, 6.45) is 0.929. The number of amides is 1. The van der Waals surface area contributed by atoms with E-state index in [2.05, 4.69) is 26.6 Å². The molecular formula is C11H13BrN2O. The van der Waals surface area contributed by atoms with Crippen LogP contribution in [-0.2, 0) is 4.79 Å². The molecule has 0 aliphatic carbocycles. The highest BCUT2D eigenvalue weighted by Crippen LogP contribution is 2.21. The molecule has 1 atom stereocenters. The Morgan fingerprint density at radius 2 is 2.33 bits per heavy atom. The fourth-order valence-corrected chi connectivity index (χ4v) is 1.82. The normalized spacial score (nSPS) is 19.5. The van der Waals surface area contributed by atoms with Crippen molar-refractivity contribution in [3.05, 3.63) is 28.2 Å². The number of nitrogens with one attached hydrogen (secondary N) is 2. The lowest BCUT2D eigenvalue weighted by Crippen LogP contribution is -2.50. The highest BCUT2D eigenvalue weighted by Gasteiger charge is 2.24. The van der Waals surface area contributed by atoms with E-state index >= 15 is 0 Å². The van der Waals surface area contributed by atoms with E-state index in [1.807, 2.05) is 25.1 Å². The Morgan fingerprint density at radius 3 is 2.93 bits per heavy atom. The summed E-state index contributed by atoms with van der Waals surface area (Å²) in [5.41, 5.74) is 1.95. The zero-order chi connectivity index (χ0) is 10.8. The number of anilines is 1. The van der Waals surface area contributed by atoms with Crippen molar-refractivity contribution in [1.82, 2.24) is 5.32 Å². The van der Waals surface area contributed by atoms with Gasteiger partial charge < -0.3 is 10.6 Å². The maximum atomic E-state index is 11.7. The van der Waals surface area contributed by atoms with Gasteiger partial charge in [-0.05, 0) is 37.6 Å². The molecule has 80 valence electrons. The molecule has 2 rings (SSSR count). The number of rotatable bonds is 2. The Balaban J connectivity index is 2.09. The zero-order valence-corrected chi connectivity index (χ0v) is 10.1. The molecular weight excluding hydrogens is 256 g/mol. The standard InChI is InChI=1S/C11H13BrN2O/c1-7-2-3-8(12)6-10(7)14-11(15)9-4-5-13-9/h2-3,6,9,13H,4-5H2,1H3,(H,14,15)/t9-/m1/s1. The van der Waals surface area contributed by atoms with Crippen LogP contribution in [0.15, 0.2) is 22.7 Å². The van der Waals surface area contributed by atoms with Crippen molar-refractivity contribution in [3.8, 4) is 0 Å². The molecule has 0 unspecified atom stereocenters. The SMILES string of the molecule is Cc1ccc(Br)cc1NC(=O)[C@H]1CCN1. The molecule has 1 aromatic carbocycles. The summed E-state index contributed by atoms with van der Waals surface area (Å²) in [4.78, 5) is 11.7. The van der Waals surface area contributed by atoms with Gasteiger partial charge in [0.05, 0.1) is 6.04 Å². The summed E-state index contributed by atoms with van der Waals surface area (Å²) in [5.74, 6) is 0.0578. The maximum absolute atomic E-state index is 11.7. The average Bonchev–Trinajstić information content (AvgIpc) is 2.08. The van der Waals surface area contributed by atoms with Crippen molar-refractivity contribution in [2.45, 2.75) is 19.4 Å². The van der Waals surface area contributed by atoms with Crippen molar-refractivity contribution in [1.29, 1.82) is 0 Å². The van der Waals surface area contributed by atoms with E-state index in [1.54, 1.807) is 0 Å². The number of halogens is 1. The molecule has 0 radical (unpaired) electrons. The van der Waals surface area contributed by atoms with Gasteiger partial charge in [0.15, 0.2) is 0 Å². The summed E-state index contributed by atoms with van der Waals surface area (Å²) in [7, 11) is 0. The second-order valence-corrected chi connectivity index (χ2v) is 4.66. The van der Waals surface area contributed by atoms with E-state index in [4.69, 9.17) is 0 Å².